The Balaban J connectivity index is 1.42. The average molecular weight is 411 g/mol. The van der Waals surface area contributed by atoms with E-state index in [2.05, 4.69) is 26.3 Å². The summed E-state index contributed by atoms with van der Waals surface area (Å²) in [7, 11) is 0. The predicted octanol–water partition coefficient (Wildman–Crippen LogP) is 4.01. The van der Waals surface area contributed by atoms with Crippen LogP contribution in [0.2, 0.25) is 5.02 Å². The zero-order valence-corrected chi connectivity index (χ0v) is 17.2. The molecule has 1 aromatic carbocycles. The third-order valence-corrected chi connectivity index (χ3v) is 5.77. The molecule has 0 bridgehead atoms. The van der Waals surface area contributed by atoms with Crippen LogP contribution in [0.1, 0.15) is 44.0 Å². The summed E-state index contributed by atoms with van der Waals surface area (Å²) in [5, 5.41) is 12.4. The van der Waals surface area contributed by atoms with Gasteiger partial charge in [-0.3, -0.25) is 0 Å². The van der Waals surface area contributed by atoms with E-state index < -0.39 is 0 Å². The fourth-order valence-corrected chi connectivity index (χ4v) is 4.09. The first-order valence-electron chi connectivity index (χ1n) is 9.82. The zero-order valence-electron chi connectivity index (χ0n) is 16.5. The molecule has 1 unspecified atom stereocenters. The minimum Gasteiger partial charge on any atom is -0.367 e. The SMILES string of the molecule is CC1CN(c2ccc(C#N)c(Cl)c2)C[C@@H](C)N1C(=O)Nc1cnc(C2CC2)nc1. The van der Waals surface area contributed by atoms with Gasteiger partial charge in [0.2, 0.25) is 0 Å². The second-order valence-corrected chi connectivity index (χ2v) is 8.23. The Hall–Kier alpha value is -2.85. The normalized spacial score (nSPS) is 21.6. The lowest BCUT2D eigenvalue weighted by molar-refractivity contribution is 0.154. The van der Waals surface area contributed by atoms with Crippen LogP contribution in [0.3, 0.4) is 0 Å². The summed E-state index contributed by atoms with van der Waals surface area (Å²) in [5.74, 6) is 1.35. The first-order chi connectivity index (χ1) is 14.0. The van der Waals surface area contributed by atoms with Crippen molar-refractivity contribution in [3.63, 3.8) is 0 Å². The van der Waals surface area contributed by atoms with Crippen molar-refractivity contribution in [1.82, 2.24) is 14.9 Å². The van der Waals surface area contributed by atoms with Crippen molar-refractivity contribution in [2.24, 2.45) is 0 Å². The van der Waals surface area contributed by atoms with Gasteiger partial charge in [0.15, 0.2) is 0 Å². The molecule has 2 amide bonds. The van der Waals surface area contributed by atoms with Gasteiger partial charge in [-0.05, 0) is 44.9 Å². The van der Waals surface area contributed by atoms with Gasteiger partial charge in [0.25, 0.3) is 0 Å². The molecule has 7 nitrogen and oxygen atoms in total. The van der Waals surface area contributed by atoms with Crippen LogP contribution in [-0.2, 0) is 0 Å². The highest BCUT2D eigenvalue weighted by molar-refractivity contribution is 6.32. The molecule has 1 aromatic heterocycles. The molecule has 0 radical (unpaired) electrons. The molecule has 29 heavy (non-hydrogen) atoms. The van der Waals surface area contributed by atoms with Gasteiger partial charge in [0.05, 0.1) is 28.7 Å². The van der Waals surface area contributed by atoms with Crippen LogP contribution in [0.4, 0.5) is 16.2 Å². The largest absolute Gasteiger partial charge is 0.367 e. The van der Waals surface area contributed by atoms with Gasteiger partial charge in [-0.15, -0.1) is 0 Å². The van der Waals surface area contributed by atoms with Crippen LogP contribution in [0.25, 0.3) is 0 Å². The maximum Gasteiger partial charge on any atom is 0.322 e. The van der Waals surface area contributed by atoms with Crippen molar-refractivity contribution in [3.8, 4) is 6.07 Å². The van der Waals surface area contributed by atoms with E-state index in [0.717, 1.165) is 24.4 Å². The zero-order chi connectivity index (χ0) is 20.5. The maximum atomic E-state index is 12.9. The van der Waals surface area contributed by atoms with E-state index in [1.165, 1.54) is 0 Å². The number of hydrogen-bond donors (Lipinski definition) is 1. The number of benzene rings is 1. The summed E-state index contributed by atoms with van der Waals surface area (Å²) in [6, 6.07) is 7.38. The van der Waals surface area contributed by atoms with Crippen molar-refractivity contribution in [3.05, 3.63) is 47.0 Å². The minimum absolute atomic E-state index is 0.000163. The summed E-state index contributed by atoms with van der Waals surface area (Å²) < 4.78 is 0. The molecular weight excluding hydrogens is 388 g/mol. The Morgan fingerprint density at radius 2 is 1.86 bits per heavy atom. The van der Waals surface area contributed by atoms with E-state index >= 15 is 0 Å². The van der Waals surface area contributed by atoms with Gasteiger partial charge in [0.1, 0.15) is 11.9 Å². The monoisotopic (exact) mass is 410 g/mol. The van der Waals surface area contributed by atoms with Crippen molar-refractivity contribution in [2.75, 3.05) is 23.3 Å². The minimum atomic E-state index is -0.148. The molecular formula is C21H23ClN6O. The van der Waals surface area contributed by atoms with Crippen molar-refractivity contribution < 1.29 is 4.79 Å². The Morgan fingerprint density at radius 1 is 1.21 bits per heavy atom. The summed E-state index contributed by atoms with van der Waals surface area (Å²) >= 11 is 6.19. The first-order valence-corrected chi connectivity index (χ1v) is 10.2. The number of aromatic nitrogens is 2. The van der Waals surface area contributed by atoms with Crippen molar-refractivity contribution in [2.45, 2.75) is 44.7 Å². The smallest absolute Gasteiger partial charge is 0.322 e. The van der Waals surface area contributed by atoms with Gasteiger partial charge in [-0.1, -0.05) is 11.6 Å². The van der Waals surface area contributed by atoms with Crippen LogP contribution in [0.15, 0.2) is 30.6 Å². The van der Waals surface area contributed by atoms with Crippen LogP contribution in [-0.4, -0.2) is 46.1 Å². The summed E-state index contributed by atoms with van der Waals surface area (Å²) in [6.07, 6.45) is 5.66. The molecule has 1 aliphatic carbocycles. The van der Waals surface area contributed by atoms with E-state index in [4.69, 9.17) is 16.9 Å². The molecule has 150 valence electrons. The number of anilines is 2. The van der Waals surface area contributed by atoms with E-state index in [1.54, 1.807) is 18.5 Å². The van der Waals surface area contributed by atoms with E-state index in [9.17, 15) is 4.79 Å². The van der Waals surface area contributed by atoms with Crippen molar-refractivity contribution in [1.29, 1.82) is 5.26 Å². The molecule has 8 heteroatoms. The molecule has 1 saturated heterocycles. The van der Waals surface area contributed by atoms with Gasteiger partial charge < -0.3 is 15.1 Å². The van der Waals surface area contributed by atoms with Gasteiger partial charge in [-0.2, -0.15) is 5.26 Å². The second kappa shape index (κ2) is 7.88. The highest BCUT2D eigenvalue weighted by Crippen LogP contribution is 2.37. The number of halogens is 1. The number of piperazine rings is 1. The van der Waals surface area contributed by atoms with E-state index in [-0.39, 0.29) is 18.1 Å². The standard InChI is InChI=1S/C21H23ClN6O/c1-13-11-27(18-6-5-16(8-23)19(22)7-18)12-14(2)28(13)21(29)26-17-9-24-20(25-10-17)15-3-4-15/h5-7,9-10,13-15H,3-4,11-12H2,1-2H3,(H,26,29)/t13-,14?/m1/s1. The molecule has 4 rings (SSSR count). The number of nitriles is 1. The summed E-state index contributed by atoms with van der Waals surface area (Å²) in [4.78, 5) is 25.7. The highest BCUT2D eigenvalue weighted by atomic mass is 35.5. The maximum absolute atomic E-state index is 12.9. The lowest BCUT2D eigenvalue weighted by Crippen LogP contribution is -2.59. The molecule has 2 aliphatic rings. The number of hydrogen-bond acceptors (Lipinski definition) is 5. The predicted molar refractivity (Wildman–Crippen MR) is 112 cm³/mol. The Morgan fingerprint density at radius 3 is 2.41 bits per heavy atom. The number of rotatable bonds is 3. The molecule has 2 atom stereocenters. The summed E-state index contributed by atoms with van der Waals surface area (Å²) in [5.41, 5.74) is 2.03. The Bertz CT molecular complexity index is 941. The van der Waals surface area contributed by atoms with Crippen LogP contribution >= 0.6 is 11.6 Å². The number of amides is 2. The molecule has 1 N–H and O–H groups in total. The number of nitrogens with one attached hydrogen (secondary N) is 1. The number of urea groups is 1. The number of carbonyl (C=O) groups is 1. The lowest BCUT2D eigenvalue weighted by Gasteiger charge is -2.45. The lowest BCUT2D eigenvalue weighted by atomic mass is 10.1. The van der Waals surface area contributed by atoms with Gasteiger partial charge >= 0.3 is 6.03 Å². The molecule has 1 aliphatic heterocycles. The number of nitrogens with zero attached hydrogens (tertiary/aromatic N) is 5. The van der Waals surface area contributed by atoms with Gasteiger partial charge in [0, 0.05) is 36.8 Å². The quantitative estimate of drug-likeness (QED) is 0.826. The van der Waals surface area contributed by atoms with E-state index in [0.29, 0.717) is 35.3 Å². The third kappa shape index (κ3) is 4.13. The van der Waals surface area contributed by atoms with Crippen LogP contribution in [0.5, 0.6) is 0 Å². The van der Waals surface area contributed by atoms with Crippen LogP contribution < -0.4 is 10.2 Å². The molecule has 1 saturated carbocycles. The second-order valence-electron chi connectivity index (χ2n) is 7.82. The Kier molecular flexibility index (Phi) is 5.29. The fourth-order valence-electron chi connectivity index (χ4n) is 3.87. The topological polar surface area (TPSA) is 85.2 Å². The molecule has 2 fully saturated rings. The average Bonchev–Trinajstić information content (AvgIpc) is 3.53. The molecule has 2 heterocycles. The fraction of sp³-hybridized carbons (Fsp3) is 0.429. The van der Waals surface area contributed by atoms with Crippen molar-refractivity contribution >= 4 is 29.0 Å². The van der Waals surface area contributed by atoms with Crippen LogP contribution in [0, 0.1) is 11.3 Å². The van der Waals surface area contributed by atoms with E-state index in [1.807, 2.05) is 30.9 Å². The number of carbonyl (C=O) groups excluding carboxylic acids is 1. The molecule has 0 spiro atoms. The first kappa shape index (κ1) is 19.5. The van der Waals surface area contributed by atoms with Gasteiger partial charge in [-0.25, -0.2) is 14.8 Å². The third-order valence-electron chi connectivity index (χ3n) is 5.46. The Labute approximate surface area is 175 Å². The highest BCUT2D eigenvalue weighted by Gasteiger charge is 2.33. The molecule has 2 aromatic rings. The summed E-state index contributed by atoms with van der Waals surface area (Å²) in [6.45, 7) is 5.41.